The maximum absolute atomic E-state index is 12.9. The quantitative estimate of drug-likeness (QED) is 0.867. The molecule has 1 aromatic rings. The van der Waals surface area contributed by atoms with Crippen LogP contribution in [0.4, 0.5) is 4.39 Å². The molecule has 1 fully saturated rings. The van der Waals surface area contributed by atoms with Crippen molar-refractivity contribution in [1.29, 1.82) is 0 Å². The lowest BCUT2D eigenvalue weighted by Crippen LogP contribution is -2.38. The molecular weight excluding hydrogens is 253 g/mol. The van der Waals surface area contributed by atoms with Crippen molar-refractivity contribution < 1.29 is 4.39 Å². The highest BCUT2D eigenvalue weighted by Crippen LogP contribution is 2.21. The standard InChI is InChI=1S/C16H26FN3/c1-19(2)12-15-4-3-10-20(15)11-9-16(18)13-5-7-14(17)8-6-13/h5-8,15-16H,3-4,9-12,18H2,1-2H3. The molecule has 1 heterocycles. The molecule has 1 aromatic carbocycles. The maximum Gasteiger partial charge on any atom is 0.123 e. The van der Waals surface area contributed by atoms with Crippen LogP contribution in [0, 0.1) is 5.82 Å². The summed E-state index contributed by atoms with van der Waals surface area (Å²) in [6.45, 7) is 3.32. The molecule has 0 spiro atoms. The Balaban J connectivity index is 1.83. The molecule has 0 aliphatic carbocycles. The molecule has 20 heavy (non-hydrogen) atoms. The van der Waals surface area contributed by atoms with Gasteiger partial charge in [-0.25, -0.2) is 4.39 Å². The van der Waals surface area contributed by atoms with E-state index in [9.17, 15) is 4.39 Å². The van der Waals surface area contributed by atoms with E-state index in [1.54, 1.807) is 12.1 Å². The van der Waals surface area contributed by atoms with Crippen LogP contribution in [0.2, 0.25) is 0 Å². The Bertz CT molecular complexity index is 405. The van der Waals surface area contributed by atoms with Crippen LogP contribution in [-0.2, 0) is 0 Å². The first-order valence-electron chi connectivity index (χ1n) is 7.46. The highest BCUT2D eigenvalue weighted by Gasteiger charge is 2.24. The molecule has 2 unspecified atom stereocenters. The molecule has 0 aromatic heterocycles. The summed E-state index contributed by atoms with van der Waals surface area (Å²) in [4.78, 5) is 4.80. The molecule has 4 heteroatoms. The van der Waals surface area contributed by atoms with Gasteiger partial charge in [-0.05, 0) is 57.6 Å². The Labute approximate surface area is 121 Å². The van der Waals surface area contributed by atoms with E-state index in [0.29, 0.717) is 6.04 Å². The molecule has 1 aliphatic rings. The fourth-order valence-electron chi connectivity index (χ4n) is 3.00. The minimum Gasteiger partial charge on any atom is -0.324 e. The summed E-state index contributed by atoms with van der Waals surface area (Å²) in [6.07, 6.45) is 3.49. The second-order valence-electron chi connectivity index (χ2n) is 6.04. The lowest BCUT2D eigenvalue weighted by molar-refractivity contribution is 0.202. The van der Waals surface area contributed by atoms with Gasteiger partial charge < -0.3 is 10.6 Å². The van der Waals surface area contributed by atoms with E-state index in [0.717, 1.165) is 25.1 Å². The van der Waals surface area contributed by atoms with E-state index in [2.05, 4.69) is 23.9 Å². The largest absolute Gasteiger partial charge is 0.324 e. The summed E-state index contributed by atoms with van der Waals surface area (Å²) in [5.74, 6) is -0.202. The first-order chi connectivity index (χ1) is 9.56. The van der Waals surface area contributed by atoms with Crippen LogP contribution in [0.3, 0.4) is 0 Å². The number of likely N-dealkylation sites (tertiary alicyclic amines) is 1. The molecule has 2 rings (SSSR count). The van der Waals surface area contributed by atoms with Gasteiger partial charge in [-0.2, -0.15) is 0 Å². The van der Waals surface area contributed by atoms with E-state index in [4.69, 9.17) is 5.73 Å². The average Bonchev–Trinajstić information content (AvgIpc) is 2.83. The number of likely N-dealkylation sites (N-methyl/N-ethyl adjacent to an activating group) is 1. The molecule has 2 atom stereocenters. The normalized spacial score (nSPS) is 21.6. The van der Waals surface area contributed by atoms with E-state index in [1.165, 1.54) is 31.5 Å². The van der Waals surface area contributed by atoms with Crippen molar-refractivity contribution >= 4 is 0 Å². The van der Waals surface area contributed by atoms with Crippen LogP contribution in [0.15, 0.2) is 24.3 Å². The lowest BCUT2D eigenvalue weighted by atomic mass is 10.0. The molecule has 3 nitrogen and oxygen atoms in total. The summed E-state index contributed by atoms with van der Waals surface area (Å²) >= 11 is 0. The topological polar surface area (TPSA) is 32.5 Å². The Morgan fingerprint density at radius 1 is 1.35 bits per heavy atom. The number of benzene rings is 1. The third kappa shape index (κ3) is 4.27. The minimum atomic E-state index is -0.202. The van der Waals surface area contributed by atoms with Crippen molar-refractivity contribution in [2.24, 2.45) is 5.73 Å². The SMILES string of the molecule is CN(C)CC1CCCN1CCC(N)c1ccc(F)cc1. The van der Waals surface area contributed by atoms with Gasteiger partial charge in [-0.15, -0.1) is 0 Å². The zero-order chi connectivity index (χ0) is 14.5. The fourth-order valence-corrected chi connectivity index (χ4v) is 3.00. The number of nitrogens with zero attached hydrogens (tertiary/aromatic N) is 2. The van der Waals surface area contributed by atoms with E-state index in [-0.39, 0.29) is 11.9 Å². The molecule has 0 bridgehead atoms. The second-order valence-corrected chi connectivity index (χ2v) is 6.04. The van der Waals surface area contributed by atoms with E-state index >= 15 is 0 Å². The Morgan fingerprint density at radius 3 is 2.70 bits per heavy atom. The zero-order valence-corrected chi connectivity index (χ0v) is 12.6. The van der Waals surface area contributed by atoms with Crippen LogP contribution in [0.5, 0.6) is 0 Å². The summed E-state index contributed by atoms with van der Waals surface area (Å²) < 4.78 is 12.9. The van der Waals surface area contributed by atoms with Crippen LogP contribution < -0.4 is 5.73 Å². The number of rotatable bonds is 6. The van der Waals surface area contributed by atoms with Crippen LogP contribution in [0.25, 0.3) is 0 Å². The Kier molecular flexibility index (Phi) is 5.52. The summed E-state index contributed by atoms with van der Waals surface area (Å²) in [5.41, 5.74) is 7.23. The molecule has 1 aliphatic heterocycles. The minimum absolute atomic E-state index is 0.00351. The molecule has 0 radical (unpaired) electrons. The third-order valence-corrected chi connectivity index (χ3v) is 4.10. The summed E-state index contributed by atoms with van der Waals surface area (Å²) in [7, 11) is 4.25. The molecule has 2 N–H and O–H groups in total. The highest BCUT2D eigenvalue weighted by atomic mass is 19.1. The molecule has 112 valence electrons. The van der Waals surface area contributed by atoms with Gasteiger partial charge in [-0.3, -0.25) is 4.90 Å². The Morgan fingerprint density at radius 2 is 2.05 bits per heavy atom. The van der Waals surface area contributed by atoms with Crippen molar-refractivity contribution in [2.75, 3.05) is 33.7 Å². The highest BCUT2D eigenvalue weighted by molar-refractivity contribution is 5.19. The van der Waals surface area contributed by atoms with Crippen molar-refractivity contribution in [1.82, 2.24) is 9.80 Å². The predicted molar refractivity (Wildman–Crippen MR) is 81.1 cm³/mol. The maximum atomic E-state index is 12.9. The molecule has 1 saturated heterocycles. The number of hydrogen-bond donors (Lipinski definition) is 1. The van der Waals surface area contributed by atoms with Crippen molar-refractivity contribution in [3.05, 3.63) is 35.6 Å². The molecule has 0 saturated carbocycles. The Hall–Kier alpha value is -0.970. The van der Waals surface area contributed by atoms with E-state index < -0.39 is 0 Å². The van der Waals surface area contributed by atoms with Crippen molar-refractivity contribution in [3.8, 4) is 0 Å². The van der Waals surface area contributed by atoms with Gasteiger partial charge in [0.2, 0.25) is 0 Å². The number of nitrogens with two attached hydrogens (primary N) is 1. The van der Waals surface area contributed by atoms with Gasteiger partial charge in [-0.1, -0.05) is 12.1 Å². The first kappa shape index (κ1) is 15.4. The average molecular weight is 279 g/mol. The number of halogens is 1. The van der Waals surface area contributed by atoms with Crippen molar-refractivity contribution in [3.63, 3.8) is 0 Å². The number of hydrogen-bond acceptors (Lipinski definition) is 3. The van der Waals surface area contributed by atoms with Crippen LogP contribution in [0.1, 0.15) is 30.9 Å². The van der Waals surface area contributed by atoms with Crippen LogP contribution >= 0.6 is 0 Å². The summed E-state index contributed by atoms with van der Waals surface area (Å²) in [6, 6.07) is 7.21. The fraction of sp³-hybridized carbons (Fsp3) is 0.625. The molecule has 0 amide bonds. The molecular formula is C16H26FN3. The monoisotopic (exact) mass is 279 g/mol. The van der Waals surface area contributed by atoms with Crippen molar-refractivity contribution in [2.45, 2.75) is 31.3 Å². The smallest absolute Gasteiger partial charge is 0.123 e. The second kappa shape index (κ2) is 7.16. The van der Waals surface area contributed by atoms with Gasteiger partial charge >= 0.3 is 0 Å². The third-order valence-electron chi connectivity index (χ3n) is 4.10. The van der Waals surface area contributed by atoms with Gasteiger partial charge in [0.15, 0.2) is 0 Å². The predicted octanol–water partition coefficient (Wildman–Crippen LogP) is 2.24. The van der Waals surface area contributed by atoms with Gasteiger partial charge in [0, 0.05) is 25.2 Å². The first-order valence-corrected chi connectivity index (χ1v) is 7.46. The van der Waals surface area contributed by atoms with E-state index in [1.807, 2.05) is 0 Å². The van der Waals surface area contributed by atoms with Gasteiger partial charge in [0.25, 0.3) is 0 Å². The zero-order valence-electron chi connectivity index (χ0n) is 12.6. The summed E-state index contributed by atoms with van der Waals surface area (Å²) in [5, 5.41) is 0. The lowest BCUT2D eigenvalue weighted by Gasteiger charge is -2.28. The van der Waals surface area contributed by atoms with Crippen LogP contribution in [-0.4, -0.2) is 49.6 Å². The van der Waals surface area contributed by atoms with Gasteiger partial charge in [0.1, 0.15) is 5.82 Å². The van der Waals surface area contributed by atoms with Gasteiger partial charge in [0.05, 0.1) is 0 Å².